The quantitative estimate of drug-likeness (QED) is 0.120. The maximum Gasteiger partial charge on any atom is 0.342 e. The van der Waals surface area contributed by atoms with Gasteiger partial charge in [0, 0.05) is 6.42 Å². The van der Waals surface area contributed by atoms with Gasteiger partial charge < -0.3 is 9.62 Å². The van der Waals surface area contributed by atoms with Crippen LogP contribution in [0.5, 0.6) is 0 Å². The fraction of sp³-hybridized carbons (Fsp3) is 0.947. The smallest absolute Gasteiger partial charge is 0.342 e. The highest BCUT2D eigenvalue weighted by atomic mass is 32.2. The van der Waals surface area contributed by atoms with Crippen molar-refractivity contribution in [2.45, 2.75) is 114 Å². The van der Waals surface area contributed by atoms with Crippen LogP contribution in [-0.2, 0) is 24.5 Å². The Morgan fingerprint density at radius 1 is 1.00 bits per heavy atom. The van der Waals surface area contributed by atoms with Crippen molar-refractivity contribution in [3.63, 3.8) is 0 Å². The Hall–Kier alpha value is -0.700. The Morgan fingerprint density at radius 2 is 1.59 bits per heavy atom. The molecule has 7 nitrogen and oxygen atoms in total. The predicted molar refractivity (Wildman–Crippen MR) is 103 cm³/mol. The minimum absolute atomic E-state index is 0.0682. The number of carbonyl (C=O) groups is 1. The third-order valence-corrected chi connectivity index (χ3v) is 6.45. The van der Waals surface area contributed by atoms with Crippen LogP contribution in [0.1, 0.15) is 96.8 Å². The highest BCUT2D eigenvalue weighted by Crippen LogP contribution is 2.35. The summed E-state index contributed by atoms with van der Waals surface area (Å²) in [7, 11) is -4.07. The normalized spacial score (nSPS) is 20.4. The van der Waals surface area contributed by atoms with Gasteiger partial charge >= 0.3 is 5.97 Å². The van der Waals surface area contributed by atoms with Gasteiger partial charge in [0.05, 0.1) is 6.10 Å². The summed E-state index contributed by atoms with van der Waals surface area (Å²) in [5.41, 5.74) is 0. The van der Waals surface area contributed by atoms with Crippen molar-refractivity contribution in [3.8, 4) is 0 Å². The number of ether oxygens (including phenoxy) is 1. The summed E-state index contributed by atoms with van der Waals surface area (Å²) < 4.78 is 38.4. The van der Waals surface area contributed by atoms with Gasteiger partial charge in [-0.2, -0.15) is 13.7 Å². The molecule has 0 aromatic rings. The Balaban J connectivity index is 2.14. The third-order valence-electron chi connectivity index (χ3n) is 5.18. The van der Waals surface area contributed by atoms with E-state index >= 15 is 0 Å². The zero-order valence-electron chi connectivity index (χ0n) is 16.5. The van der Waals surface area contributed by atoms with Crippen molar-refractivity contribution >= 4 is 16.1 Å². The molecule has 0 amide bonds. The molecule has 1 fully saturated rings. The van der Waals surface area contributed by atoms with Gasteiger partial charge in [0.15, 0.2) is 0 Å². The number of hydrogen-bond donors (Lipinski definition) is 2. The molecule has 0 bridgehead atoms. The molecule has 1 saturated heterocycles. The molecular formula is C19H36O7S. The van der Waals surface area contributed by atoms with E-state index in [2.05, 4.69) is 11.8 Å². The van der Waals surface area contributed by atoms with Crippen molar-refractivity contribution in [2.24, 2.45) is 0 Å². The van der Waals surface area contributed by atoms with Crippen LogP contribution in [0, 0.1) is 0 Å². The maximum atomic E-state index is 11.7. The topological polar surface area (TPSA) is 113 Å². The van der Waals surface area contributed by atoms with E-state index < -0.39 is 21.3 Å². The first-order chi connectivity index (χ1) is 12.9. The van der Waals surface area contributed by atoms with Gasteiger partial charge in [0.25, 0.3) is 10.1 Å². The molecule has 0 saturated carbocycles. The number of rotatable bonds is 17. The predicted octanol–water partition coefficient (Wildman–Crippen LogP) is 4.51. The average molecular weight is 409 g/mol. The molecule has 27 heavy (non-hydrogen) atoms. The summed E-state index contributed by atoms with van der Waals surface area (Å²) in [6.45, 7) is 2.16. The Bertz CT molecular complexity index is 506. The molecule has 1 aliphatic heterocycles. The number of hydrogen-bond acceptors (Lipinski definition) is 6. The lowest BCUT2D eigenvalue weighted by Gasteiger charge is -2.11. The second-order valence-electron chi connectivity index (χ2n) is 7.52. The summed E-state index contributed by atoms with van der Waals surface area (Å²) in [6, 6.07) is 0. The van der Waals surface area contributed by atoms with Gasteiger partial charge in [0.1, 0.15) is 11.4 Å². The average Bonchev–Trinajstić information content (AvgIpc) is 3.37. The van der Waals surface area contributed by atoms with E-state index in [0.717, 1.165) is 51.4 Å². The van der Waals surface area contributed by atoms with Crippen molar-refractivity contribution in [1.82, 2.24) is 0 Å². The van der Waals surface area contributed by atoms with Crippen molar-refractivity contribution in [1.29, 1.82) is 0 Å². The first kappa shape index (κ1) is 24.3. The minimum atomic E-state index is -4.07. The van der Waals surface area contributed by atoms with Crippen LogP contribution in [-0.4, -0.2) is 41.7 Å². The molecule has 3 unspecified atom stereocenters. The summed E-state index contributed by atoms with van der Waals surface area (Å²) in [5.74, 6) is -0.606. The molecule has 0 aliphatic carbocycles. The van der Waals surface area contributed by atoms with E-state index in [1.807, 2.05) is 0 Å². The highest BCUT2D eigenvalue weighted by Gasteiger charge is 2.48. The highest BCUT2D eigenvalue weighted by molar-refractivity contribution is 7.86. The molecule has 8 heteroatoms. The summed E-state index contributed by atoms with van der Waals surface area (Å²) in [5, 5.41) is 7.36. The molecule has 0 aromatic carbocycles. The van der Waals surface area contributed by atoms with E-state index in [4.69, 9.17) is 9.99 Å². The minimum Gasteiger partial charge on any atom is -0.368 e. The van der Waals surface area contributed by atoms with Crippen LogP contribution in [0.2, 0.25) is 0 Å². The first-order valence-electron chi connectivity index (χ1n) is 10.4. The Labute approximate surface area is 163 Å². The molecule has 160 valence electrons. The molecule has 3 atom stereocenters. The first-order valence-corrected chi connectivity index (χ1v) is 11.9. The molecule has 0 aromatic heterocycles. The number of carbonyl (C=O) groups excluding carboxylic acids is 1. The molecule has 1 aliphatic rings. The summed E-state index contributed by atoms with van der Waals surface area (Å²) >= 11 is 0. The Kier molecular flexibility index (Phi) is 12.1. The zero-order valence-corrected chi connectivity index (χ0v) is 17.3. The van der Waals surface area contributed by atoms with E-state index in [-0.39, 0.29) is 18.6 Å². The second kappa shape index (κ2) is 13.5. The lowest BCUT2D eigenvalue weighted by molar-refractivity contribution is -0.234. The van der Waals surface area contributed by atoms with Crippen molar-refractivity contribution in [3.05, 3.63) is 0 Å². The van der Waals surface area contributed by atoms with Gasteiger partial charge in [0.2, 0.25) is 0 Å². The molecule has 1 rings (SSSR count). The molecule has 2 N–H and O–H groups in total. The molecule has 0 spiro atoms. The van der Waals surface area contributed by atoms with E-state index in [0.29, 0.717) is 12.8 Å². The number of unbranched alkanes of at least 4 members (excludes halogenated alkanes) is 9. The van der Waals surface area contributed by atoms with Gasteiger partial charge in [-0.1, -0.05) is 71.1 Å². The standard InChI is InChI=1S/C19H36O7S/c1-2-3-4-5-8-11-14-17(27(22,23)24)19-16(25-19)13-10-7-6-9-12-15-18(20)26-21/h16-17,19,21H,2-15H2,1H3,(H,22,23,24). The van der Waals surface area contributed by atoms with Crippen LogP contribution in [0.25, 0.3) is 0 Å². The van der Waals surface area contributed by atoms with Gasteiger partial charge in [-0.3, -0.25) is 4.55 Å². The van der Waals surface area contributed by atoms with Crippen LogP contribution in [0.15, 0.2) is 0 Å². The lowest BCUT2D eigenvalue weighted by atomic mass is 10.0. The fourth-order valence-corrected chi connectivity index (χ4v) is 4.56. The van der Waals surface area contributed by atoms with E-state index in [1.54, 1.807) is 0 Å². The SMILES string of the molecule is CCCCCCCCC(C1OC1CCCCCCCC(=O)OO)S(=O)(=O)O. The van der Waals surface area contributed by atoms with Gasteiger partial charge in [-0.05, 0) is 19.3 Å². The summed E-state index contributed by atoms with van der Waals surface area (Å²) in [6.07, 6.45) is 12.0. The van der Waals surface area contributed by atoms with Crippen molar-refractivity contribution < 1.29 is 32.6 Å². The zero-order chi connectivity index (χ0) is 20.1. The second-order valence-corrected chi connectivity index (χ2v) is 9.15. The van der Waals surface area contributed by atoms with Gasteiger partial charge in [-0.25, -0.2) is 4.79 Å². The van der Waals surface area contributed by atoms with Crippen molar-refractivity contribution in [2.75, 3.05) is 0 Å². The van der Waals surface area contributed by atoms with Gasteiger partial charge in [-0.15, -0.1) is 0 Å². The van der Waals surface area contributed by atoms with Crippen LogP contribution in [0.3, 0.4) is 0 Å². The molecule has 1 heterocycles. The van der Waals surface area contributed by atoms with E-state index in [1.165, 1.54) is 19.3 Å². The lowest BCUT2D eigenvalue weighted by Crippen LogP contribution is -2.27. The van der Waals surface area contributed by atoms with Crippen LogP contribution < -0.4 is 0 Å². The largest absolute Gasteiger partial charge is 0.368 e. The Morgan fingerprint density at radius 3 is 2.22 bits per heavy atom. The molecule has 0 radical (unpaired) electrons. The monoisotopic (exact) mass is 408 g/mol. The molecular weight excluding hydrogens is 372 g/mol. The van der Waals surface area contributed by atoms with Crippen LogP contribution in [0.4, 0.5) is 0 Å². The van der Waals surface area contributed by atoms with Crippen LogP contribution >= 0.6 is 0 Å². The third kappa shape index (κ3) is 11.0. The summed E-state index contributed by atoms with van der Waals surface area (Å²) in [4.78, 5) is 14.4. The fourth-order valence-electron chi connectivity index (χ4n) is 3.52. The number of epoxide rings is 1. The maximum absolute atomic E-state index is 11.7. The van der Waals surface area contributed by atoms with E-state index in [9.17, 15) is 17.8 Å².